The summed E-state index contributed by atoms with van der Waals surface area (Å²) < 4.78 is 5.93. The summed E-state index contributed by atoms with van der Waals surface area (Å²) in [5.41, 5.74) is 7.98. The average molecular weight is 276 g/mol. The standard InChI is InChI=1S/C16H18ClNO/c1-11-5-3-6-13(9-11)19-16-8-4-7-15(17)14(16)10-12(2)18/h3-9,12H,10,18H2,1-2H3. The minimum Gasteiger partial charge on any atom is -0.457 e. The molecule has 0 aliphatic rings. The predicted octanol–water partition coefficient (Wildman–Crippen LogP) is 4.33. The van der Waals surface area contributed by atoms with Gasteiger partial charge in [-0.05, 0) is 50.1 Å². The van der Waals surface area contributed by atoms with Crippen molar-refractivity contribution in [1.82, 2.24) is 0 Å². The molecule has 0 spiro atoms. The molecule has 0 fully saturated rings. The molecule has 2 aromatic carbocycles. The number of hydrogen-bond donors (Lipinski definition) is 1. The molecule has 0 aliphatic heterocycles. The van der Waals surface area contributed by atoms with Gasteiger partial charge in [0.1, 0.15) is 11.5 Å². The van der Waals surface area contributed by atoms with Crippen LogP contribution >= 0.6 is 11.6 Å². The van der Waals surface area contributed by atoms with Crippen LogP contribution in [-0.2, 0) is 6.42 Å². The van der Waals surface area contributed by atoms with Crippen molar-refractivity contribution in [3.05, 3.63) is 58.6 Å². The first-order valence-corrected chi connectivity index (χ1v) is 6.71. The summed E-state index contributed by atoms with van der Waals surface area (Å²) >= 11 is 6.24. The van der Waals surface area contributed by atoms with Crippen molar-refractivity contribution in [2.75, 3.05) is 0 Å². The van der Waals surface area contributed by atoms with E-state index in [4.69, 9.17) is 22.1 Å². The van der Waals surface area contributed by atoms with Crippen LogP contribution < -0.4 is 10.5 Å². The van der Waals surface area contributed by atoms with Gasteiger partial charge in [0.2, 0.25) is 0 Å². The van der Waals surface area contributed by atoms with Gasteiger partial charge in [-0.15, -0.1) is 0 Å². The van der Waals surface area contributed by atoms with Gasteiger partial charge in [0.05, 0.1) is 0 Å². The van der Waals surface area contributed by atoms with Crippen molar-refractivity contribution in [3.8, 4) is 11.5 Å². The quantitative estimate of drug-likeness (QED) is 0.901. The lowest BCUT2D eigenvalue weighted by molar-refractivity contribution is 0.473. The summed E-state index contributed by atoms with van der Waals surface area (Å²) in [6, 6.07) is 13.7. The van der Waals surface area contributed by atoms with Gasteiger partial charge >= 0.3 is 0 Å². The van der Waals surface area contributed by atoms with Gasteiger partial charge in [0.25, 0.3) is 0 Å². The lowest BCUT2D eigenvalue weighted by atomic mass is 10.1. The number of ether oxygens (including phenoxy) is 1. The summed E-state index contributed by atoms with van der Waals surface area (Å²) in [5, 5.41) is 0.697. The molecule has 3 heteroatoms. The van der Waals surface area contributed by atoms with E-state index in [0.29, 0.717) is 11.4 Å². The number of rotatable bonds is 4. The third-order valence-electron chi connectivity index (χ3n) is 2.82. The van der Waals surface area contributed by atoms with Crippen molar-refractivity contribution < 1.29 is 4.74 Å². The molecule has 0 saturated carbocycles. The topological polar surface area (TPSA) is 35.2 Å². The fourth-order valence-electron chi connectivity index (χ4n) is 1.96. The van der Waals surface area contributed by atoms with E-state index >= 15 is 0 Å². The molecule has 1 atom stereocenters. The Kier molecular flexibility index (Phi) is 4.46. The maximum atomic E-state index is 6.24. The monoisotopic (exact) mass is 275 g/mol. The zero-order valence-electron chi connectivity index (χ0n) is 11.2. The van der Waals surface area contributed by atoms with E-state index in [0.717, 1.165) is 22.6 Å². The van der Waals surface area contributed by atoms with Crippen LogP contribution in [0.15, 0.2) is 42.5 Å². The van der Waals surface area contributed by atoms with Crippen LogP contribution in [0.1, 0.15) is 18.1 Å². The van der Waals surface area contributed by atoms with Crippen molar-refractivity contribution in [1.29, 1.82) is 0 Å². The van der Waals surface area contributed by atoms with Gasteiger partial charge in [-0.2, -0.15) is 0 Å². The zero-order valence-corrected chi connectivity index (χ0v) is 11.9. The molecule has 0 heterocycles. The van der Waals surface area contributed by atoms with Crippen molar-refractivity contribution in [2.24, 2.45) is 5.73 Å². The summed E-state index contributed by atoms with van der Waals surface area (Å²) in [5.74, 6) is 1.59. The molecule has 0 radical (unpaired) electrons. The first-order valence-electron chi connectivity index (χ1n) is 6.34. The van der Waals surface area contributed by atoms with Crippen LogP contribution in [0.3, 0.4) is 0 Å². The summed E-state index contributed by atoms with van der Waals surface area (Å²) in [6.07, 6.45) is 0.695. The first kappa shape index (κ1) is 13.9. The minimum atomic E-state index is 0.0414. The largest absolute Gasteiger partial charge is 0.457 e. The Morgan fingerprint density at radius 1 is 1.21 bits per heavy atom. The Bertz CT molecular complexity index is 566. The van der Waals surface area contributed by atoms with Gasteiger partial charge < -0.3 is 10.5 Å². The van der Waals surface area contributed by atoms with Crippen molar-refractivity contribution >= 4 is 11.6 Å². The molecule has 2 rings (SSSR count). The number of benzene rings is 2. The summed E-state index contributed by atoms with van der Waals surface area (Å²) in [6.45, 7) is 3.99. The second-order valence-electron chi connectivity index (χ2n) is 4.82. The number of nitrogens with two attached hydrogens (primary N) is 1. The van der Waals surface area contributed by atoms with Gasteiger partial charge in [-0.25, -0.2) is 0 Å². The molecular weight excluding hydrogens is 258 g/mol. The molecular formula is C16H18ClNO. The maximum Gasteiger partial charge on any atom is 0.132 e. The number of aryl methyl sites for hydroxylation is 1. The lowest BCUT2D eigenvalue weighted by Gasteiger charge is -2.14. The maximum absolute atomic E-state index is 6.24. The molecule has 1 unspecified atom stereocenters. The van der Waals surface area contributed by atoms with Crippen LogP contribution in [0.2, 0.25) is 5.02 Å². The van der Waals surface area contributed by atoms with E-state index < -0.39 is 0 Å². The Balaban J connectivity index is 2.31. The van der Waals surface area contributed by atoms with E-state index in [-0.39, 0.29) is 6.04 Å². The van der Waals surface area contributed by atoms with Gasteiger partial charge in [-0.1, -0.05) is 29.8 Å². The Morgan fingerprint density at radius 3 is 2.63 bits per heavy atom. The molecule has 2 nitrogen and oxygen atoms in total. The molecule has 19 heavy (non-hydrogen) atoms. The highest BCUT2D eigenvalue weighted by Gasteiger charge is 2.11. The van der Waals surface area contributed by atoms with Gasteiger partial charge in [-0.3, -0.25) is 0 Å². The van der Waals surface area contributed by atoms with Gasteiger partial charge in [0, 0.05) is 16.6 Å². The third-order valence-corrected chi connectivity index (χ3v) is 3.17. The van der Waals surface area contributed by atoms with Crippen molar-refractivity contribution in [3.63, 3.8) is 0 Å². The van der Waals surface area contributed by atoms with E-state index in [2.05, 4.69) is 0 Å². The highest BCUT2D eigenvalue weighted by atomic mass is 35.5. The van der Waals surface area contributed by atoms with E-state index in [1.807, 2.05) is 56.3 Å². The Labute approximate surface area is 119 Å². The Morgan fingerprint density at radius 2 is 1.95 bits per heavy atom. The SMILES string of the molecule is Cc1cccc(Oc2cccc(Cl)c2CC(C)N)c1. The molecule has 0 amide bonds. The smallest absolute Gasteiger partial charge is 0.132 e. The van der Waals surface area contributed by atoms with E-state index in [1.54, 1.807) is 0 Å². The summed E-state index contributed by atoms with van der Waals surface area (Å²) in [4.78, 5) is 0. The first-order chi connectivity index (χ1) is 9.06. The van der Waals surface area contributed by atoms with Crippen LogP contribution in [0.25, 0.3) is 0 Å². The van der Waals surface area contributed by atoms with Gasteiger partial charge in [0.15, 0.2) is 0 Å². The lowest BCUT2D eigenvalue weighted by Crippen LogP contribution is -2.18. The predicted molar refractivity (Wildman–Crippen MR) is 80.1 cm³/mol. The highest BCUT2D eigenvalue weighted by Crippen LogP contribution is 2.31. The number of hydrogen-bond acceptors (Lipinski definition) is 2. The van der Waals surface area contributed by atoms with Crippen LogP contribution in [0.4, 0.5) is 0 Å². The highest BCUT2D eigenvalue weighted by molar-refractivity contribution is 6.31. The van der Waals surface area contributed by atoms with Crippen LogP contribution in [0.5, 0.6) is 11.5 Å². The van der Waals surface area contributed by atoms with Crippen LogP contribution in [-0.4, -0.2) is 6.04 Å². The van der Waals surface area contributed by atoms with Crippen molar-refractivity contribution in [2.45, 2.75) is 26.3 Å². The molecule has 2 aromatic rings. The zero-order chi connectivity index (χ0) is 13.8. The second kappa shape index (κ2) is 6.09. The minimum absolute atomic E-state index is 0.0414. The molecule has 100 valence electrons. The second-order valence-corrected chi connectivity index (χ2v) is 5.22. The molecule has 0 saturated heterocycles. The average Bonchev–Trinajstić information content (AvgIpc) is 2.33. The fraction of sp³-hybridized carbons (Fsp3) is 0.250. The normalized spacial score (nSPS) is 12.2. The van der Waals surface area contributed by atoms with E-state index in [9.17, 15) is 0 Å². The van der Waals surface area contributed by atoms with E-state index in [1.165, 1.54) is 0 Å². The number of halogens is 1. The van der Waals surface area contributed by atoms with Crippen LogP contribution in [0, 0.1) is 6.92 Å². The molecule has 0 aliphatic carbocycles. The fourth-order valence-corrected chi connectivity index (χ4v) is 2.20. The summed E-state index contributed by atoms with van der Waals surface area (Å²) in [7, 11) is 0. The molecule has 0 aromatic heterocycles. The molecule has 2 N–H and O–H groups in total. The Hall–Kier alpha value is -1.51. The molecule has 0 bridgehead atoms. The third kappa shape index (κ3) is 3.72.